The third kappa shape index (κ3) is 2.89. The highest BCUT2D eigenvalue weighted by Gasteiger charge is 2.12. The van der Waals surface area contributed by atoms with E-state index in [9.17, 15) is 0 Å². The molecule has 106 valence electrons. The van der Waals surface area contributed by atoms with E-state index in [1.807, 2.05) is 13.0 Å². The van der Waals surface area contributed by atoms with Gasteiger partial charge in [0.2, 0.25) is 5.28 Å². The van der Waals surface area contributed by atoms with Crippen molar-refractivity contribution in [2.24, 2.45) is 0 Å². The molecule has 2 rings (SSSR count). The quantitative estimate of drug-likeness (QED) is 0.845. The molecule has 5 nitrogen and oxygen atoms in total. The topological polar surface area (TPSA) is 73.1 Å². The van der Waals surface area contributed by atoms with E-state index >= 15 is 0 Å². The largest absolute Gasteiger partial charge is 0.495 e. The number of methoxy groups -OCH3 is 1. The second-order valence-electron chi connectivity index (χ2n) is 4.27. The Kier molecular flexibility index (Phi) is 4.20. The lowest BCUT2D eigenvalue weighted by molar-refractivity contribution is 0.416. The maximum atomic E-state index is 6.07. The summed E-state index contributed by atoms with van der Waals surface area (Å²) in [7, 11) is 1.56. The Labute approximate surface area is 127 Å². The zero-order chi connectivity index (χ0) is 14.9. The highest BCUT2D eigenvalue weighted by molar-refractivity contribution is 6.31. The Balaban J connectivity index is 2.47. The predicted molar refractivity (Wildman–Crippen MR) is 82.2 cm³/mol. The van der Waals surface area contributed by atoms with Crippen LogP contribution < -0.4 is 15.8 Å². The minimum atomic E-state index is 0.129. The standard InChI is InChI=1S/C13H14Cl2N4O/c1-6-4-9(10(20-3)5-8(6)14)18-12-11(16)7(2)17-13(15)19-12/h4-5H,16H2,1-3H3,(H,17,18,19). The van der Waals surface area contributed by atoms with Gasteiger partial charge in [0.15, 0.2) is 5.82 Å². The van der Waals surface area contributed by atoms with Gasteiger partial charge in [-0.3, -0.25) is 0 Å². The van der Waals surface area contributed by atoms with E-state index in [1.54, 1.807) is 20.1 Å². The number of nitrogens with two attached hydrogens (primary N) is 1. The normalized spacial score (nSPS) is 10.4. The van der Waals surface area contributed by atoms with Crippen LogP contribution in [0.5, 0.6) is 5.75 Å². The summed E-state index contributed by atoms with van der Waals surface area (Å²) >= 11 is 11.9. The van der Waals surface area contributed by atoms with Crippen molar-refractivity contribution in [3.8, 4) is 5.75 Å². The summed E-state index contributed by atoms with van der Waals surface area (Å²) in [6.45, 7) is 3.66. The molecule has 0 atom stereocenters. The number of aromatic nitrogens is 2. The Bertz CT molecular complexity index is 661. The number of halogens is 2. The fourth-order valence-electron chi connectivity index (χ4n) is 1.70. The number of rotatable bonds is 3. The second-order valence-corrected chi connectivity index (χ2v) is 5.01. The number of nitrogens with one attached hydrogen (secondary N) is 1. The fraction of sp³-hybridized carbons (Fsp3) is 0.231. The number of aryl methyl sites for hydroxylation is 2. The van der Waals surface area contributed by atoms with Crippen molar-refractivity contribution < 1.29 is 4.74 Å². The first kappa shape index (κ1) is 14.7. The Hall–Kier alpha value is -1.72. The molecule has 0 saturated carbocycles. The average molecular weight is 313 g/mol. The number of benzene rings is 1. The van der Waals surface area contributed by atoms with Crippen LogP contribution in [0.1, 0.15) is 11.3 Å². The van der Waals surface area contributed by atoms with Gasteiger partial charge in [0.05, 0.1) is 24.2 Å². The SMILES string of the molecule is COc1cc(Cl)c(C)cc1Nc1nc(Cl)nc(C)c1N. The predicted octanol–water partition coefficient (Wildman–Crippen LogP) is 3.73. The van der Waals surface area contributed by atoms with Crippen LogP contribution in [0.2, 0.25) is 10.3 Å². The summed E-state index contributed by atoms with van der Waals surface area (Å²) < 4.78 is 5.29. The van der Waals surface area contributed by atoms with Crippen molar-refractivity contribution in [3.63, 3.8) is 0 Å². The summed E-state index contributed by atoms with van der Waals surface area (Å²) in [6.07, 6.45) is 0. The van der Waals surface area contributed by atoms with Crippen molar-refractivity contribution in [2.45, 2.75) is 13.8 Å². The van der Waals surface area contributed by atoms with Crippen molar-refractivity contribution in [1.29, 1.82) is 0 Å². The number of hydrogen-bond donors (Lipinski definition) is 2. The molecule has 0 radical (unpaired) electrons. The van der Waals surface area contributed by atoms with Gasteiger partial charge in [0.25, 0.3) is 0 Å². The molecular weight excluding hydrogens is 299 g/mol. The zero-order valence-corrected chi connectivity index (χ0v) is 12.8. The molecule has 2 aromatic rings. The van der Waals surface area contributed by atoms with Gasteiger partial charge in [0.1, 0.15) is 5.75 Å². The molecular formula is C13H14Cl2N4O. The molecule has 1 aromatic heterocycles. The lowest BCUT2D eigenvalue weighted by atomic mass is 10.2. The van der Waals surface area contributed by atoms with Crippen LogP contribution in [0, 0.1) is 13.8 Å². The lowest BCUT2D eigenvalue weighted by Crippen LogP contribution is -2.05. The van der Waals surface area contributed by atoms with Crippen LogP contribution in [-0.4, -0.2) is 17.1 Å². The minimum absolute atomic E-state index is 0.129. The summed E-state index contributed by atoms with van der Waals surface area (Å²) in [6, 6.07) is 3.58. The molecule has 3 N–H and O–H groups in total. The second kappa shape index (κ2) is 5.73. The van der Waals surface area contributed by atoms with Gasteiger partial charge in [-0.15, -0.1) is 0 Å². The molecule has 0 bridgehead atoms. The molecule has 0 fully saturated rings. The lowest BCUT2D eigenvalue weighted by Gasteiger charge is -2.14. The first-order valence-electron chi connectivity index (χ1n) is 5.83. The third-order valence-corrected chi connectivity index (χ3v) is 3.42. The zero-order valence-electron chi connectivity index (χ0n) is 11.3. The van der Waals surface area contributed by atoms with Crippen LogP contribution in [0.15, 0.2) is 12.1 Å². The summed E-state index contributed by atoms with van der Waals surface area (Å²) in [5.74, 6) is 1.02. The fourth-order valence-corrected chi connectivity index (χ4v) is 2.07. The van der Waals surface area contributed by atoms with E-state index in [4.69, 9.17) is 33.7 Å². The maximum absolute atomic E-state index is 6.07. The first-order chi connectivity index (χ1) is 9.42. The van der Waals surface area contributed by atoms with E-state index < -0.39 is 0 Å². The molecule has 1 aromatic carbocycles. The van der Waals surface area contributed by atoms with Gasteiger partial charge >= 0.3 is 0 Å². The van der Waals surface area contributed by atoms with Crippen molar-refractivity contribution >= 4 is 40.4 Å². The maximum Gasteiger partial charge on any atom is 0.224 e. The number of nitrogen functional groups attached to an aromatic ring is 1. The molecule has 0 amide bonds. The van der Waals surface area contributed by atoms with Gasteiger partial charge in [0, 0.05) is 11.1 Å². The highest BCUT2D eigenvalue weighted by Crippen LogP contribution is 2.34. The third-order valence-electron chi connectivity index (χ3n) is 2.84. The molecule has 20 heavy (non-hydrogen) atoms. The molecule has 0 aliphatic rings. The first-order valence-corrected chi connectivity index (χ1v) is 6.58. The number of ether oxygens (including phenoxy) is 1. The molecule has 0 aliphatic heterocycles. The average Bonchev–Trinajstić information content (AvgIpc) is 2.39. The van der Waals surface area contributed by atoms with Crippen LogP contribution in [0.3, 0.4) is 0 Å². The van der Waals surface area contributed by atoms with Gasteiger partial charge in [-0.05, 0) is 37.1 Å². The van der Waals surface area contributed by atoms with Gasteiger partial charge in [-0.25, -0.2) is 4.98 Å². The van der Waals surface area contributed by atoms with Crippen LogP contribution in [-0.2, 0) is 0 Å². The minimum Gasteiger partial charge on any atom is -0.495 e. The summed E-state index contributed by atoms with van der Waals surface area (Å²) in [5, 5.41) is 3.85. The van der Waals surface area contributed by atoms with Gasteiger partial charge in [-0.2, -0.15) is 4.98 Å². The van der Waals surface area contributed by atoms with E-state index in [0.717, 1.165) is 5.56 Å². The van der Waals surface area contributed by atoms with E-state index in [0.29, 0.717) is 33.7 Å². The number of hydrogen-bond acceptors (Lipinski definition) is 5. The van der Waals surface area contributed by atoms with E-state index in [1.165, 1.54) is 0 Å². The van der Waals surface area contributed by atoms with E-state index in [-0.39, 0.29) is 5.28 Å². The number of nitrogens with zero attached hydrogens (tertiary/aromatic N) is 2. The monoisotopic (exact) mass is 312 g/mol. The van der Waals surface area contributed by atoms with Crippen LogP contribution in [0.25, 0.3) is 0 Å². The molecule has 0 saturated heterocycles. The van der Waals surface area contributed by atoms with Crippen LogP contribution >= 0.6 is 23.2 Å². The summed E-state index contributed by atoms with van der Waals surface area (Å²) in [5.41, 5.74) is 8.60. The van der Waals surface area contributed by atoms with Crippen molar-refractivity contribution in [3.05, 3.63) is 33.7 Å². The summed E-state index contributed by atoms with van der Waals surface area (Å²) in [4.78, 5) is 8.07. The molecule has 0 spiro atoms. The van der Waals surface area contributed by atoms with Gasteiger partial charge in [-0.1, -0.05) is 11.6 Å². The van der Waals surface area contributed by atoms with Crippen molar-refractivity contribution in [1.82, 2.24) is 9.97 Å². The Morgan fingerprint density at radius 1 is 1.20 bits per heavy atom. The molecule has 0 aliphatic carbocycles. The highest BCUT2D eigenvalue weighted by atomic mass is 35.5. The molecule has 1 heterocycles. The Morgan fingerprint density at radius 2 is 1.90 bits per heavy atom. The number of anilines is 3. The van der Waals surface area contributed by atoms with Crippen molar-refractivity contribution in [2.75, 3.05) is 18.2 Å². The molecule has 7 heteroatoms. The Morgan fingerprint density at radius 3 is 2.55 bits per heavy atom. The van der Waals surface area contributed by atoms with Crippen LogP contribution in [0.4, 0.5) is 17.2 Å². The van der Waals surface area contributed by atoms with Gasteiger partial charge < -0.3 is 15.8 Å². The van der Waals surface area contributed by atoms with E-state index in [2.05, 4.69) is 15.3 Å². The smallest absolute Gasteiger partial charge is 0.224 e. The molecule has 0 unspecified atom stereocenters.